The zero-order valence-corrected chi connectivity index (χ0v) is 14.0. The highest BCUT2D eigenvalue weighted by Gasteiger charge is 2.14. The van der Waals surface area contributed by atoms with E-state index in [4.69, 9.17) is 9.47 Å². The van der Waals surface area contributed by atoms with Crippen LogP contribution < -0.4 is 14.3 Å². The molecule has 0 radical (unpaired) electrons. The van der Waals surface area contributed by atoms with Crippen LogP contribution in [0.3, 0.4) is 0 Å². The Labute approximate surface area is 141 Å². The first-order valence-electron chi connectivity index (χ1n) is 7.62. The molecule has 2 aromatic rings. The number of aryl methyl sites for hydroxylation is 1. The number of nitrogens with one attached hydrogen (secondary N) is 1. The second kappa shape index (κ2) is 6.92. The summed E-state index contributed by atoms with van der Waals surface area (Å²) in [4.78, 5) is 2.40. The van der Waals surface area contributed by atoms with E-state index in [1.807, 2.05) is 12.1 Å². The number of rotatable bonds is 6. The maximum absolute atomic E-state index is 12.2. The van der Waals surface area contributed by atoms with Gasteiger partial charge in [-0.05, 0) is 47.9 Å². The van der Waals surface area contributed by atoms with Crippen LogP contribution in [0.5, 0.6) is 11.5 Å². The molecule has 0 spiro atoms. The molecule has 0 aromatic heterocycles. The molecule has 2 aromatic carbocycles. The summed E-state index contributed by atoms with van der Waals surface area (Å²) in [6.45, 7) is 2.27. The van der Waals surface area contributed by atoms with Gasteiger partial charge in [0.1, 0.15) is 0 Å². The van der Waals surface area contributed by atoms with Crippen molar-refractivity contribution in [1.29, 1.82) is 0 Å². The Bertz CT molecular complexity index is 845. The van der Waals surface area contributed by atoms with Crippen molar-refractivity contribution >= 4 is 16.2 Å². The number of hydrogen-bond donors (Lipinski definition) is 1. The fourth-order valence-electron chi connectivity index (χ4n) is 2.34. The van der Waals surface area contributed by atoms with Crippen molar-refractivity contribution in [2.24, 2.45) is 5.10 Å². The third-order valence-electron chi connectivity index (χ3n) is 3.56. The minimum atomic E-state index is -3.68. The molecule has 7 heteroatoms. The SMILES string of the molecule is CCCc1ccc(S(=O)(=O)N/N=C\c2ccc3c(c2)OCO3)cc1. The number of ether oxygens (including phenoxy) is 2. The molecule has 3 rings (SSSR count). The highest BCUT2D eigenvalue weighted by Crippen LogP contribution is 2.31. The molecule has 0 saturated carbocycles. The lowest BCUT2D eigenvalue weighted by Crippen LogP contribution is -2.18. The number of nitrogens with zero attached hydrogens (tertiary/aromatic N) is 1. The fraction of sp³-hybridized carbons (Fsp3) is 0.235. The van der Waals surface area contributed by atoms with E-state index in [2.05, 4.69) is 16.9 Å². The Morgan fingerprint density at radius 3 is 2.62 bits per heavy atom. The molecular formula is C17H18N2O4S. The highest BCUT2D eigenvalue weighted by molar-refractivity contribution is 7.89. The van der Waals surface area contributed by atoms with Gasteiger partial charge in [-0.15, -0.1) is 0 Å². The second-order valence-corrected chi connectivity index (χ2v) is 7.02. The number of hydrogen-bond acceptors (Lipinski definition) is 5. The average Bonchev–Trinajstić information content (AvgIpc) is 3.03. The maximum atomic E-state index is 12.2. The van der Waals surface area contributed by atoms with Crippen LogP contribution in [0, 0.1) is 0 Å². The van der Waals surface area contributed by atoms with Crippen LogP contribution in [0.25, 0.3) is 0 Å². The van der Waals surface area contributed by atoms with Crippen LogP contribution in [0.4, 0.5) is 0 Å². The molecule has 24 heavy (non-hydrogen) atoms. The van der Waals surface area contributed by atoms with E-state index in [0.717, 1.165) is 18.4 Å². The van der Waals surface area contributed by atoms with Gasteiger partial charge in [0.25, 0.3) is 10.0 Å². The maximum Gasteiger partial charge on any atom is 0.276 e. The Balaban J connectivity index is 1.68. The van der Waals surface area contributed by atoms with Crippen LogP contribution >= 0.6 is 0 Å². The molecule has 1 N–H and O–H groups in total. The van der Waals surface area contributed by atoms with E-state index in [-0.39, 0.29) is 11.7 Å². The van der Waals surface area contributed by atoms with Crippen molar-refractivity contribution < 1.29 is 17.9 Å². The highest BCUT2D eigenvalue weighted by atomic mass is 32.2. The molecule has 0 saturated heterocycles. The minimum Gasteiger partial charge on any atom is -0.454 e. The summed E-state index contributed by atoms with van der Waals surface area (Å²) in [5.41, 5.74) is 1.82. The summed E-state index contributed by atoms with van der Waals surface area (Å²) in [6.07, 6.45) is 3.37. The third-order valence-corrected chi connectivity index (χ3v) is 4.79. The van der Waals surface area contributed by atoms with Crippen LogP contribution in [0.15, 0.2) is 52.5 Å². The molecule has 126 valence electrons. The average molecular weight is 346 g/mol. The Hall–Kier alpha value is -2.54. The molecule has 0 amide bonds. The van der Waals surface area contributed by atoms with E-state index in [0.29, 0.717) is 17.1 Å². The smallest absolute Gasteiger partial charge is 0.276 e. The van der Waals surface area contributed by atoms with Crippen molar-refractivity contribution in [3.05, 3.63) is 53.6 Å². The zero-order valence-electron chi connectivity index (χ0n) is 13.2. The first-order valence-corrected chi connectivity index (χ1v) is 9.10. The molecule has 0 fully saturated rings. The Kier molecular flexibility index (Phi) is 4.71. The first kappa shape index (κ1) is 16.3. The molecule has 1 heterocycles. The number of fused-ring (bicyclic) bond motifs is 1. The fourth-order valence-corrected chi connectivity index (χ4v) is 3.13. The molecule has 1 aliphatic heterocycles. The van der Waals surface area contributed by atoms with E-state index in [1.165, 1.54) is 6.21 Å². The third kappa shape index (κ3) is 3.68. The minimum absolute atomic E-state index is 0.185. The van der Waals surface area contributed by atoms with E-state index in [1.54, 1.807) is 30.3 Å². The van der Waals surface area contributed by atoms with Gasteiger partial charge in [0, 0.05) is 0 Å². The van der Waals surface area contributed by atoms with Crippen molar-refractivity contribution in [2.75, 3.05) is 6.79 Å². The second-order valence-electron chi connectivity index (χ2n) is 5.36. The van der Waals surface area contributed by atoms with Gasteiger partial charge in [-0.25, -0.2) is 4.83 Å². The van der Waals surface area contributed by atoms with Crippen molar-refractivity contribution in [1.82, 2.24) is 4.83 Å². The van der Waals surface area contributed by atoms with Crippen molar-refractivity contribution in [3.8, 4) is 11.5 Å². The number of benzene rings is 2. The van der Waals surface area contributed by atoms with Crippen LogP contribution in [-0.4, -0.2) is 21.4 Å². The number of hydrazone groups is 1. The largest absolute Gasteiger partial charge is 0.454 e. The molecule has 1 aliphatic rings. The predicted molar refractivity (Wildman–Crippen MR) is 90.9 cm³/mol. The predicted octanol–water partition coefficient (Wildman–Crippen LogP) is 2.68. The van der Waals surface area contributed by atoms with Gasteiger partial charge in [0.15, 0.2) is 11.5 Å². The monoisotopic (exact) mass is 346 g/mol. The quantitative estimate of drug-likeness (QED) is 0.644. The molecule has 0 unspecified atom stereocenters. The van der Waals surface area contributed by atoms with E-state index in [9.17, 15) is 8.42 Å². The van der Waals surface area contributed by atoms with Crippen molar-refractivity contribution in [3.63, 3.8) is 0 Å². The first-order chi connectivity index (χ1) is 11.6. The molecule has 6 nitrogen and oxygen atoms in total. The van der Waals surface area contributed by atoms with E-state index >= 15 is 0 Å². The van der Waals surface area contributed by atoms with Gasteiger partial charge in [0.2, 0.25) is 6.79 Å². The van der Waals surface area contributed by atoms with Gasteiger partial charge in [-0.3, -0.25) is 0 Å². The summed E-state index contributed by atoms with van der Waals surface area (Å²) in [5, 5.41) is 3.81. The van der Waals surface area contributed by atoms with Crippen LogP contribution in [0.1, 0.15) is 24.5 Å². The summed E-state index contributed by atoms with van der Waals surface area (Å²) < 4.78 is 34.9. The molecule has 0 bridgehead atoms. The Morgan fingerprint density at radius 1 is 1.12 bits per heavy atom. The summed E-state index contributed by atoms with van der Waals surface area (Å²) >= 11 is 0. The van der Waals surface area contributed by atoms with Gasteiger partial charge in [-0.2, -0.15) is 13.5 Å². The molecule has 0 aliphatic carbocycles. The lowest BCUT2D eigenvalue weighted by molar-refractivity contribution is 0.174. The molecule has 0 atom stereocenters. The van der Waals surface area contributed by atoms with Crippen LogP contribution in [-0.2, 0) is 16.4 Å². The normalized spacial score (nSPS) is 13.4. The van der Waals surface area contributed by atoms with Gasteiger partial charge in [0.05, 0.1) is 11.1 Å². The lowest BCUT2D eigenvalue weighted by atomic mass is 10.1. The lowest BCUT2D eigenvalue weighted by Gasteiger charge is -2.05. The summed E-state index contributed by atoms with van der Waals surface area (Å²) in [7, 11) is -3.68. The standard InChI is InChI=1S/C17H18N2O4S/c1-2-3-13-4-7-15(8-5-13)24(20,21)19-18-11-14-6-9-16-17(10-14)23-12-22-16/h4-11,19H,2-3,12H2,1H3/b18-11-. The molecular weight excluding hydrogens is 328 g/mol. The zero-order chi connectivity index (χ0) is 17.0. The van der Waals surface area contributed by atoms with Gasteiger partial charge < -0.3 is 9.47 Å². The van der Waals surface area contributed by atoms with E-state index < -0.39 is 10.0 Å². The van der Waals surface area contributed by atoms with Gasteiger partial charge in [-0.1, -0.05) is 25.5 Å². The summed E-state index contributed by atoms with van der Waals surface area (Å²) in [5.74, 6) is 1.29. The van der Waals surface area contributed by atoms with Gasteiger partial charge >= 0.3 is 0 Å². The van der Waals surface area contributed by atoms with Crippen LogP contribution in [0.2, 0.25) is 0 Å². The summed E-state index contributed by atoms with van der Waals surface area (Å²) in [6, 6.07) is 12.1. The van der Waals surface area contributed by atoms with Crippen molar-refractivity contribution in [2.45, 2.75) is 24.7 Å². The Morgan fingerprint density at radius 2 is 1.88 bits per heavy atom. The number of sulfonamides is 1. The topological polar surface area (TPSA) is 77.0 Å².